The highest BCUT2D eigenvalue weighted by molar-refractivity contribution is 5.28. The summed E-state index contributed by atoms with van der Waals surface area (Å²) < 4.78 is 0. The van der Waals surface area contributed by atoms with E-state index in [9.17, 15) is 10.2 Å². The molecule has 2 heteroatoms. The molecule has 10 unspecified atom stereocenters. The highest BCUT2D eigenvalue weighted by Gasteiger charge is 2.61. The second-order valence-electron chi connectivity index (χ2n) is 12.6. The van der Waals surface area contributed by atoms with Crippen molar-refractivity contribution < 1.29 is 10.2 Å². The van der Waals surface area contributed by atoms with Gasteiger partial charge in [0.1, 0.15) is 0 Å². The van der Waals surface area contributed by atoms with E-state index in [-0.39, 0.29) is 17.6 Å². The molecular formula is C29H48O2. The summed E-state index contributed by atoms with van der Waals surface area (Å²) in [7, 11) is 0. The Hall–Kier alpha value is -0.600. The van der Waals surface area contributed by atoms with Crippen molar-refractivity contribution in [1.82, 2.24) is 0 Å². The third kappa shape index (κ3) is 3.88. The number of fused-ring (bicyclic) bond motifs is 5. The van der Waals surface area contributed by atoms with Gasteiger partial charge in [0.15, 0.2) is 0 Å². The average molecular weight is 429 g/mol. The summed E-state index contributed by atoms with van der Waals surface area (Å²) in [5, 5.41) is 21.6. The predicted octanol–water partition coefficient (Wildman–Crippen LogP) is 6.77. The Morgan fingerprint density at radius 2 is 1.74 bits per heavy atom. The normalized spacial score (nSPS) is 46.9. The highest BCUT2D eigenvalue weighted by atomic mass is 16.3. The van der Waals surface area contributed by atoms with E-state index in [4.69, 9.17) is 0 Å². The van der Waals surface area contributed by atoms with Crippen LogP contribution in [0.1, 0.15) is 92.9 Å². The molecule has 0 spiro atoms. The monoisotopic (exact) mass is 428 g/mol. The van der Waals surface area contributed by atoms with Crippen LogP contribution in [0.3, 0.4) is 0 Å². The van der Waals surface area contributed by atoms with E-state index < -0.39 is 0 Å². The molecular weight excluding hydrogens is 380 g/mol. The summed E-state index contributed by atoms with van der Waals surface area (Å²) in [6.45, 7) is 14.5. The zero-order chi connectivity index (χ0) is 22.6. The molecule has 0 heterocycles. The summed E-state index contributed by atoms with van der Waals surface area (Å²) >= 11 is 0. The molecule has 0 saturated heterocycles. The summed E-state index contributed by atoms with van der Waals surface area (Å²) in [5.41, 5.74) is 1.90. The molecule has 0 radical (unpaired) electrons. The van der Waals surface area contributed by atoms with E-state index in [0.717, 1.165) is 25.2 Å². The number of aliphatic hydroxyl groups excluding tert-OH is 2. The molecule has 4 aliphatic rings. The van der Waals surface area contributed by atoms with Gasteiger partial charge < -0.3 is 10.2 Å². The SMILES string of the molecule is CCC(/C=C/C(C)C1CCC2C3C(O)C=C4CC(O)CCC4(C)C3CCC12C)C(C)C. The molecule has 10 atom stereocenters. The second-order valence-corrected chi connectivity index (χ2v) is 12.6. The summed E-state index contributed by atoms with van der Waals surface area (Å²) in [6.07, 6.45) is 15.9. The summed E-state index contributed by atoms with van der Waals surface area (Å²) in [6, 6.07) is 0. The standard InChI is InChI=1S/C29H48O2/c1-7-20(18(2)3)9-8-19(4)23-10-11-24-27-25(13-15-29(23,24)6)28(5)14-12-22(30)16-21(28)17-26(27)31/h8-9,17-20,22-27,30-31H,7,10-16H2,1-6H3/b9-8+. The molecule has 176 valence electrons. The first-order valence-corrected chi connectivity index (χ1v) is 13.4. The predicted molar refractivity (Wildman–Crippen MR) is 130 cm³/mol. The number of allylic oxidation sites excluding steroid dienone is 2. The molecule has 0 aromatic carbocycles. The van der Waals surface area contributed by atoms with E-state index in [2.05, 4.69) is 59.8 Å². The Morgan fingerprint density at radius 3 is 2.42 bits per heavy atom. The average Bonchev–Trinajstić information content (AvgIpc) is 3.06. The van der Waals surface area contributed by atoms with Crippen molar-refractivity contribution in [2.45, 2.75) is 105 Å². The zero-order valence-corrected chi connectivity index (χ0v) is 21.0. The van der Waals surface area contributed by atoms with Crippen LogP contribution in [0.25, 0.3) is 0 Å². The zero-order valence-electron chi connectivity index (χ0n) is 21.0. The maximum absolute atomic E-state index is 11.3. The minimum absolute atomic E-state index is 0.194. The molecule has 4 rings (SSSR count). The molecule has 2 nitrogen and oxygen atoms in total. The van der Waals surface area contributed by atoms with Crippen LogP contribution in [0.4, 0.5) is 0 Å². The van der Waals surface area contributed by atoms with Gasteiger partial charge in [-0.1, -0.05) is 65.3 Å². The molecule has 0 amide bonds. The maximum Gasteiger partial charge on any atom is 0.0757 e. The van der Waals surface area contributed by atoms with Gasteiger partial charge in [-0.2, -0.15) is 0 Å². The Labute approximate surface area is 191 Å². The van der Waals surface area contributed by atoms with Crippen molar-refractivity contribution in [2.24, 2.45) is 52.3 Å². The molecule has 2 N–H and O–H groups in total. The molecule has 0 bridgehead atoms. The van der Waals surface area contributed by atoms with E-state index in [1.807, 2.05) is 0 Å². The molecule has 0 aliphatic heterocycles. The van der Waals surface area contributed by atoms with Gasteiger partial charge in [0.2, 0.25) is 0 Å². The maximum atomic E-state index is 11.3. The van der Waals surface area contributed by atoms with Crippen molar-refractivity contribution in [3.63, 3.8) is 0 Å². The van der Waals surface area contributed by atoms with Crippen LogP contribution < -0.4 is 0 Å². The van der Waals surface area contributed by atoms with E-state index in [0.29, 0.717) is 40.9 Å². The largest absolute Gasteiger partial charge is 0.393 e. The lowest BCUT2D eigenvalue weighted by molar-refractivity contribution is -0.0950. The fraction of sp³-hybridized carbons (Fsp3) is 0.862. The lowest BCUT2D eigenvalue weighted by atomic mass is 9.46. The van der Waals surface area contributed by atoms with Crippen LogP contribution in [-0.4, -0.2) is 22.4 Å². The molecule has 0 aromatic heterocycles. The Kier molecular flexibility index (Phi) is 6.56. The summed E-state index contributed by atoms with van der Waals surface area (Å²) in [5.74, 6) is 4.38. The molecule has 31 heavy (non-hydrogen) atoms. The van der Waals surface area contributed by atoms with Gasteiger partial charge in [-0.3, -0.25) is 0 Å². The van der Waals surface area contributed by atoms with E-state index in [1.165, 1.54) is 37.7 Å². The second kappa shape index (κ2) is 8.64. The Bertz CT molecular complexity index is 708. The van der Waals surface area contributed by atoms with Crippen LogP contribution in [0.15, 0.2) is 23.8 Å². The lowest BCUT2D eigenvalue weighted by Crippen LogP contribution is -2.54. The van der Waals surface area contributed by atoms with Crippen molar-refractivity contribution in [3.8, 4) is 0 Å². The number of aliphatic hydroxyl groups is 2. The van der Waals surface area contributed by atoms with Gasteiger partial charge in [-0.15, -0.1) is 0 Å². The smallest absolute Gasteiger partial charge is 0.0757 e. The summed E-state index contributed by atoms with van der Waals surface area (Å²) in [4.78, 5) is 0. The fourth-order valence-corrected chi connectivity index (χ4v) is 8.82. The first-order chi connectivity index (χ1) is 14.6. The number of hydrogen-bond acceptors (Lipinski definition) is 2. The molecule has 4 aliphatic carbocycles. The van der Waals surface area contributed by atoms with E-state index in [1.54, 1.807) is 0 Å². The lowest BCUT2D eigenvalue weighted by Gasteiger charge is -2.59. The Morgan fingerprint density at radius 1 is 1.00 bits per heavy atom. The fourth-order valence-electron chi connectivity index (χ4n) is 8.82. The topological polar surface area (TPSA) is 40.5 Å². The van der Waals surface area contributed by atoms with Crippen molar-refractivity contribution in [1.29, 1.82) is 0 Å². The van der Waals surface area contributed by atoms with Gasteiger partial charge >= 0.3 is 0 Å². The van der Waals surface area contributed by atoms with Crippen LogP contribution in [0.2, 0.25) is 0 Å². The van der Waals surface area contributed by atoms with Crippen LogP contribution in [-0.2, 0) is 0 Å². The van der Waals surface area contributed by atoms with Crippen LogP contribution in [0, 0.1) is 52.3 Å². The van der Waals surface area contributed by atoms with Gasteiger partial charge in [0.05, 0.1) is 12.2 Å². The third-order valence-electron chi connectivity index (χ3n) is 10.8. The highest BCUT2D eigenvalue weighted by Crippen LogP contribution is 2.67. The minimum atomic E-state index is -0.321. The molecule has 3 saturated carbocycles. The molecule has 0 aromatic rings. The Balaban J connectivity index is 1.56. The quantitative estimate of drug-likeness (QED) is 0.474. The third-order valence-corrected chi connectivity index (χ3v) is 10.8. The van der Waals surface area contributed by atoms with Crippen molar-refractivity contribution in [3.05, 3.63) is 23.8 Å². The van der Waals surface area contributed by atoms with Gasteiger partial charge in [-0.25, -0.2) is 0 Å². The van der Waals surface area contributed by atoms with Gasteiger partial charge in [0, 0.05) is 0 Å². The number of rotatable bonds is 5. The van der Waals surface area contributed by atoms with Crippen molar-refractivity contribution >= 4 is 0 Å². The minimum Gasteiger partial charge on any atom is -0.393 e. The first-order valence-electron chi connectivity index (χ1n) is 13.4. The van der Waals surface area contributed by atoms with Gasteiger partial charge in [0.25, 0.3) is 0 Å². The van der Waals surface area contributed by atoms with Crippen molar-refractivity contribution in [2.75, 3.05) is 0 Å². The first kappa shape index (κ1) is 23.6. The van der Waals surface area contributed by atoms with Gasteiger partial charge in [-0.05, 0) is 104 Å². The van der Waals surface area contributed by atoms with Crippen LogP contribution >= 0.6 is 0 Å². The van der Waals surface area contributed by atoms with Crippen LogP contribution in [0.5, 0.6) is 0 Å². The van der Waals surface area contributed by atoms with E-state index >= 15 is 0 Å². The molecule has 3 fully saturated rings. The number of hydrogen-bond donors (Lipinski definition) is 2.